The van der Waals surface area contributed by atoms with Crippen molar-refractivity contribution < 1.29 is 0 Å². The summed E-state index contributed by atoms with van der Waals surface area (Å²) in [4.78, 5) is 0. The molecule has 0 saturated carbocycles. The van der Waals surface area contributed by atoms with E-state index in [1.54, 1.807) is 0 Å². The third kappa shape index (κ3) is 2.23. The number of rotatable bonds is 2. The largest absolute Gasteiger partial charge is 0.192 e. The van der Waals surface area contributed by atoms with E-state index in [4.69, 9.17) is 5.26 Å². The lowest BCUT2D eigenvalue weighted by Crippen LogP contribution is -1.86. The maximum absolute atomic E-state index is 8.97. The summed E-state index contributed by atoms with van der Waals surface area (Å²) in [5.74, 6) is 0. The SMILES string of the molecule is CCc1ccc(C(C#N)=C(C)C)cc1. The first-order valence-electron chi connectivity index (χ1n) is 4.86. The number of benzene rings is 1. The number of nitriles is 1. The van der Waals surface area contributed by atoms with E-state index in [1.807, 2.05) is 26.0 Å². The van der Waals surface area contributed by atoms with Gasteiger partial charge in [0.25, 0.3) is 0 Å². The molecule has 0 aliphatic rings. The van der Waals surface area contributed by atoms with Crippen molar-refractivity contribution in [2.75, 3.05) is 0 Å². The van der Waals surface area contributed by atoms with Gasteiger partial charge >= 0.3 is 0 Å². The molecule has 0 N–H and O–H groups in total. The zero-order valence-electron chi connectivity index (χ0n) is 8.96. The second-order valence-corrected chi connectivity index (χ2v) is 3.54. The van der Waals surface area contributed by atoms with Crippen molar-refractivity contribution in [2.24, 2.45) is 0 Å². The molecule has 0 heterocycles. The Labute approximate surface area is 85.7 Å². The zero-order chi connectivity index (χ0) is 10.6. The Morgan fingerprint density at radius 2 is 1.79 bits per heavy atom. The van der Waals surface area contributed by atoms with Gasteiger partial charge in [-0.1, -0.05) is 36.8 Å². The summed E-state index contributed by atoms with van der Waals surface area (Å²) in [6.07, 6.45) is 1.04. The van der Waals surface area contributed by atoms with Crippen molar-refractivity contribution in [3.05, 3.63) is 41.0 Å². The monoisotopic (exact) mass is 185 g/mol. The van der Waals surface area contributed by atoms with Gasteiger partial charge < -0.3 is 0 Å². The van der Waals surface area contributed by atoms with Crippen LogP contribution in [0.25, 0.3) is 5.57 Å². The Bertz CT molecular complexity index is 373. The van der Waals surface area contributed by atoms with E-state index in [0.29, 0.717) is 0 Å². The first-order valence-corrected chi connectivity index (χ1v) is 4.86. The molecule has 1 rings (SSSR count). The summed E-state index contributed by atoms with van der Waals surface area (Å²) in [5.41, 5.74) is 4.17. The molecule has 0 aromatic heterocycles. The quantitative estimate of drug-likeness (QED) is 0.646. The van der Waals surface area contributed by atoms with E-state index < -0.39 is 0 Å². The summed E-state index contributed by atoms with van der Waals surface area (Å²) < 4.78 is 0. The van der Waals surface area contributed by atoms with Crippen molar-refractivity contribution >= 4 is 5.57 Å². The molecule has 0 amide bonds. The lowest BCUT2D eigenvalue weighted by molar-refractivity contribution is 1.14. The smallest absolute Gasteiger partial charge is 0.0997 e. The maximum Gasteiger partial charge on any atom is 0.0997 e. The van der Waals surface area contributed by atoms with Crippen molar-refractivity contribution in [3.63, 3.8) is 0 Å². The maximum atomic E-state index is 8.97. The van der Waals surface area contributed by atoms with Gasteiger partial charge in [-0.05, 0) is 31.4 Å². The van der Waals surface area contributed by atoms with Gasteiger partial charge in [0.1, 0.15) is 0 Å². The molecule has 0 aliphatic heterocycles. The molecule has 0 unspecified atom stereocenters. The van der Waals surface area contributed by atoms with E-state index in [9.17, 15) is 0 Å². The third-order valence-electron chi connectivity index (χ3n) is 2.26. The zero-order valence-corrected chi connectivity index (χ0v) is 8.96. The van der Waals surface area contributed by atoms with Crippen LogP contribution >= 0.6 is 0 Å². The summed E-state index contributed by atoms with van der Waals surface area (Å²) in [6.45, 7) is 6.06. The lowest BCUT2D eigenvalue weighted by atomic mass is 10.0. The first-order chi connectivity index (χ1) is 6.69. The highest BCUT2D eigenvalue weighted by atomic mass is 14.2. The van der Waals surface area contributed by atoms with Crippen molar-refractivity contribution in [1.82, 2.24) is 0 Å². The predicted octanol–water partition coefficient (Wildman–Crippen LogP) is 3.57. The van der Waals surface area contributed by atoms with E-state index in [-0.39, 0.29) is 0 Å². The van der Waals surface area contributed by atoms with Crippen LogP contribution in [0.5, 0.6) is 0 Å². The summed E-state index contributed by atoms with van der Waals surface area (Å²) in [6, 6.07) is 10.4. The number of hydrogen-bond donors (Lipinski definition) is 0. The minimum absolute atomic E-state index is 0.785. The van der Waals surface area contributed by atoms with Crippen molar-refractivity contribution in [1.29, 1.82) is 5.26 Å². The molecule has 0 saturated heterocycles. The molecule has 0 spiro atoms. The Balaban J connectivity index is 3.10. The van der Waals surface area contributed by atoms with E-state index in [2.05, 4.69) is 25.1 Å². The summed E-state index contributed by atoms with van der Waals surface area (Å²) in [7, 11) is 0. The van der Waals surface area contributed by atoms with Crippen molar-refractivity contribution in [3.8, 4) is 6.07 Å². The van der Waals surface area contributed by atoms with E-state index >= 15 is 0 Å². The van der Waals surface area contributed by atoms with Crippen LogP contribution in [0.4, 0.5) is 0 Å². The molecule has 1 aromatic carbocycles. The molecule has 0 radical (unpaired) electrons. The van der Waals surface area contributed by atoms with Gasteiger partial charge in [0.05, 0.1) is 11.6 Å². The van der Waals surface area contributed by atoms with Crippen LogP contribution in [0, 0.1) is 11.3 Å². The normalized spacial score (nSPS) is 9.29. The Morgan fingerprint density at radius 1 is 1.21 bits per heavy atom. The average molecular weight is 185 g/mol. The molecule has 0 fully saturated rings. The van der Waals surface area contributed by atoms with Crippen LogP contribution in [-0.4, -0.2) is 0 Å². The number of allylic oxidation sites excluding steroid dienone is 2. The van der Waals surface area contributed by atoms with Crippen LogP contribution in [0.1, 0.15) is 31.9 Å². The average Bonchev–Trinajstić information content (AvgIpc) is 2.19. The van der Waals surface area contributed by atoms with E-state index in [1.165, 1.54) is 5.56 Å². The fraction of sp³-hybridized carbons (Fsp3) is 0.308. The molecule has 0 aliphatic carbocycles. The second-order valence-electron chi connectivity index (χ2n) is 3.54. The molecular weight excluding hydrogens is 170 g/mol. The highest BCUT2D eigenvalue weighted by molar-refractivity contribution is 5.78. The minimum atomic E-state index is 0.785. The van der Waals surface area contributed by atoms with Gasteiger partial charge in [-0.25, -0.2) is 0 Å². The summed E-state index contributed by atoms with van der Waals surface area (Å²) >= 11 is 0. The predicted molar refractivity (Wildman–Crippen MR) is 59.7 cm³/mol. The van der Waals surface area contributed by atoms with Crippen LogP contribution in [0.2, 0.25) is 0 Å². The first kappa shape index (κ1) is 10.5. The topological polar surface area (TPSA) is 23.8 Å². The Kier molecular flexibility index (Phi) is 3.48. The Morgan fingerprint density at radius 3 is 2.14 bits per heavy atom. The molecule has 0 bridgehead atoms. The second kappa shape index (κ2) is 4.62. The third-order valence-corrected chi connectivity index (χ3v) is 2.26. The van der Waals surface area contributed by atoms with Gasteiger partial charge in [-0.3, -0.25) is 0 Å². The summed E-state index contributed by atoms with van der Waals surface area (Å²) in [5, 5.41) is 8.97. The van der Waals surface area contributed by atoms with Crippen LogP contribution in [-0.2, 0) is 6.42 Å². The molecule has 14 heavy (non-hydrogen) atoms. The standard InChI is InChI=1S/C13H15N/c1-4-11-5-7-12(8-6-11)13(9-14)10(2)3/h5-8H,4H2,1-3H3. The van der Waals surface area contributed by atoms with Crippen molar-refractivity contribution in [2.45, 2.75) is 27.2 Å². The highest BCUT2D eigenvalue weighted by Gasteiger charge is 2.01. The van der Waals surface area contributed by atoms with Gasteiger partial charge in [-0.2, -0.15) is 5.26 Å². The van der Waals surface area contributed by atoms with Gasteiger partial charge in [0.2, 0.25) is 0 Å². The molecule has 72 valence electrons. The molecule has 1 nitrogen and oxygen atoms in total. The van der Waals surface area contributed by atoms with Crippen LogP contribution < -0.4 is 0 Å². The fourth-order valence-electron chi connectivity index (χ4n) is 1.37. The van der Waals surface area contributed by atoms with Gasteiger partial charge in [-0.15, -0.1) is 0 Å². The molecule has 1 aromatic rings. The highest BCUT2D eigenvalue weighted by Crippen LogP contribution is 2.18. The molecule has 0 atom stereocenters. The van der Waals surface area contributed by atoms with E-state index in [0.717, 1.165) is 23.1 Å². The van der Waals surface area contributed by atoms with Crippen LogP contribution in [0.15, 0.2) is 29.8 Å². The number of hydrogen-bond acceptors (Lipinski definition) is 1. The molecular formula is C13H15N. The van der Waals surface area contributed by atoms with Gasteiger partial charge in [0, 0.05) is 0 Å². The number of nitrogens with zero attached hydrogens (tertiary/aromatic N) is 1. The fourth-order valence-corrected chi connectivity index (χ4v) is 1.37. The number of aryl methyl sites for hydroxylation is 1. The van der Waals surface area contributed by atoms with Crippen LogP contribution in [0.3, 0.4) is 0 Å². The molecule has 1 heteroatoms. The Hall–Kier alpha value is -1.55. The van der Waals surface area contributed by atoms with Gasteiger partial charge in [0.15, 0.2) is 0 Å². The minimum Gasteiger partial charge on any atom is -0.192 e. The lowest BCUT2D eigenvalue weighted by Gasteiger charge is -2.02.